The fourth-order valence-electron chi connectivity index (χ4n) is 4.99. The molecule has 2 aliphatic heterocycles. The molecule has 8 nitrogen and oxygen atoms in total. The number of rotatable bonds is 7. The van der Waals surface area contributed by atoms with Crippen molar-refractivity contribution in [1.29, 1.82) is 0 Å². The fourth-order valence-corrected chi connectivity index (χ4v) is 4.99. The molecule has 2 fully saturated rings. The average molecular weight is 428 g/mol. The van der Waals surface area contributed by atoms with Gasteiger partial charge in [-0.05, 0) is 38.9 Å². The summed E-state index contributed by atoms with van der Waals surface area (Å²) in [5.74, 6) is -0.0942. The smallest absolute Gasteiger partial charge is 0.248 e. The molecular weight excluding hydrogens is 394 g/mol. The van der Waals surface area contributed by atoms with Gasteiger partial charge >= 0.3 is 0 Å². The molecule has 1 aromatic heterocycles. The van der Waals surface area contributed by atoms with E-state index in [2.05, 4.69) is 39.3 Å². The number of aromatic nitrogens is 1. The van der Waals surface area contributed by atoms with Crippen LogP contribution in [0.5, 0.6) is 0 Å². The summed E-state index contributed by atoms with van der Waals surface area (Å²) in [4.78, 5) is 31.6. The summed E-state index contributed by atoms with van der Waals surface area (Å²) in [6.45, 7) is 5.09. The van der Waals surface area contributed by atoms with E-state index in [1.807, 2.05) is 24.0 Å². The third kappa shape index (κ3) is 3.95. The molecule has 6 atom stereocenters. The zero-order valence-electron chi connectivity index (χ0n) is 18.6. The molecule has 168 valence electrons. The Kier molecular flexibility index (Phi) is 6.31. The summed E-state index contributed by atoms with van der Waals surface area (Å²) in [5.41, 5.74) is 2.34. The molecule has 0 unspecified atom stereocenters. The molecule has 2 aliphatic rings. The van der Waals surface area contributed by atoms with E-state index in [0.717, 1.165) is 18.5 Å². The molecule has 4 rings (SSSR count). The van der Waals surface area contributed by atoms with Crippen molar-refractivity contribution >= 4 is 22.7 Å². The lowest BCUT2D eigenvalue weighted by atomic mass is 9.91. The number of carbonyl (C=O) groups excluding carboxylic acids is 2. The number of nitrogens with one attached hydrogen (secondary N) is 4. The average Bonchev–Trinajstić information content (AvgIpc) is 3.50. The number of para-hydroxylation sites is 1. The highest BCUT2D eigenvalue weighted by atomic mass is 16.5. The van der Waals surface area contributed by atoms with Gasteiger partial charge in [0.1, 0.15) is 6.04 Å². The minimum Gasteiger partial charge on any atom is -0.379 e. The van der Waals surface area contributed by atoms with Crippen molar-refractivity contribution in [3.8, 4) is 0 Å². The van der Waals surface area contributed by atoms with Crippen LogP contribution in [-0.2, 0) is 14.3 Å². The first-order valence-electron chi connectivity index (χ1n) is 11.1. The first-order chi connectivity index (χ1) is 15.0. The van der Waals surface area contributed by atoms with E-state index >= 15 is 0 Å². The quantitative estimate of drug-likeness (QED) is 0.528. The largest absolute Gasteiger partial charge is 0.379 e. The van der Waals surface area contributed by atoms with Crippen molar-refractivity contribution in [2.45, 2.75) is 56.5 Å². The van der Waals surface area contributed by atoms with Crippen LogP contribution >= 0.6 is 0 Å². The lowest BCUT2D eigenvalue weighted by molar-refractivity contribution is -0.141. The molecule has 8 heteroatoms. The monoisotopic (exact) mass is 427 g/mol. The van der Waals surface area contributed by atoms with Crippen molar-refractivity contribution in [3.63, 3.8) is 0 Å². The van der Waals surface area contributed by atoms with E-state index in [1.54, 1.807) is 21.1 Å². The second-order valence-corrected chi connectivity index (χ2v) is 8.66. The molecule has 3 heterocycles. The normalized spacial score (nSPS) is 25.9. The molecule has 2 saturated heterocycles. The van der Waals surface area contributed by atoms with Crippen LogP contribution in [-0.4, -0.2) is 79.2 Å². The Bertz CT molecular complexity index is 944. The summed E-state index contributed by atoms with van der Waals surface area (Å²) >= 11 is 0. The van der Waals surface area contributed by atoms with E-state index in [4.69, 9.17) is 4.74 Å². The van der Waals surface area contributed by atoms with Gasteiger partial charge in [0, 0.05) is 49.3 Å². The molecule has 0 saturated carbocycles. The van der Waals surface area contributed by atoms with E-state index in [-0.39, 0.29) is 29.8 Å². The number of likely N-dealkylation sites (tertiary alicyclic amines) is 1. The predicted octanol–water partition coefficient (Wildman–Crippen LogP) is 0.952. The summed E-state index contributed by atoms with van der Waals surface area (Å²) in [5, 5.41) is 10.7. The van der Waals surface area contributed by atoms with E-state index in [9.17, 15) is 9.59 Å². The van der Waals surface area contributed by atoms with Crippen LogP contribution in [0.15, 0.2) is 30.5 Å². The number of hydrogen-bond acceptors (Lipinski definition) is 5. The number of fused-ring (bicyclic) bond motifs is 2. The second kappa shape index (κ2) is 8.98. The number of nitrogens with zero attached hydrogens (tertiary/aromatic N) is 1. The maximum atomic E-state index is 13.7. The molecule has 31 heavy (non-hydrogen) atoms. The van der Waals surface area contributed by atoms with Gasteiger partial charge in [0.15, 0.2) is 0 Å². The number of ether oxygens (including phenoxy) is 1. The van der Waals surface area contributed by atoms with Crippen molar-refractivity contribution in [2.75, 3.05) is 27.2 Å². The third-order valence-corrected chi connectivity index (χ3v) is 7.00. The van der Waals surface area contributed by atoms with Gasteiger partial charge in [-0.15, -0.1) is 0 Å². The number of H-pyrrole nitrogens is 1. The van der Waals surface area contributed by atoms with Gasteiger partial charge < -0.3 is 30.6 Å². The third-order valence-electron chi connectivity index (χ3n) is 7.00. The minimum absolute atomic E-state index is 0.0527. The van der Waals surface area contributed by atoms with E-state index in [1.165, 1.54) is 10.9 Å². The number of aromatic amines is 1. The number of likely N-dealkylation sites (N-methyl/N-ethyl adjacent to an activating group) is 1. The summed E-state index contributed by atoms with van der Waals surface area (Å²) in [6.07, 6.45) is 2.55. The summed E-state index contributed by atoms with van der Waals surface area (Å²) in [6, 6.07) is 7.47. The van der Waals surface area contributed by atoms with Crippen LogP contribution in [0.2, 0.25) is 0 Å². The van der Waals surface area contributed by atoms with Crippen LogP contribution in [0.25, 0.3) is 10.9 Å². The predicted molar refractivity (Wildman–Crippen MR) is 120 cm³/mol. The number of methoxy groups -OCH3 is 1. The molecule has 2 aromatic rings. The second-order valence-electron chi connectivity index (χ2n) is 8.66. The standard InChI is InChI=1S/C23H33N5O3/c1-13(24-3)22(29)27-20(14(2)31-4)23(30)28-10-9-19-21(28)17(12-26-19)16-11-25-18-8-6-5-7-15(16)18/h5-8,11,13-14,17,19-21,24-26H,9-10,12H2,1-4H3,(H,27,29)/t13-,14+,17-,19+,20-,21+/m0/s1. The molecule has 0 aliphatic carbocycles. The van der Waals surface area contributed by atoms with E-state index in [0.29, 0.717) is 6.54 Å². The Hall–Kier alpha value is -2.42. The molecule has 4 N–H and O–H groups in total. The van der Waals surface area contributed by atoms with E-state index < -0.39 is 18.2 Å². The first-order valence-corrected chi connectivity index (χ1v) is 11.1. The van der Waals surface area contributed by atoms with Gasteiger partial charge in [0.05, 0.1) is 18.2 Å². The van der Waals surface area contributed by atoms with Crippen LogP contribution in [0.1, 0.15) is 31.7 Å². The molecule has 0 radical (unpaired) electrons. The van der Waals surface area contributed by atoms with Crippen molar-refractivity contribution in [3.05, 3.63) is 36.0 Å². The number of amides is 2. The molecular formula is C23H33N5O3. The summed E-state index contributed by atoms with van der Waals surface area (Å²) < 4.78 is 5.47. The maximum Gasteiger partial charge on any atom is 0.248 e. The molecule has 2 amide bonds. The zero-order chi connectivity index (χ0) is 22.1. The Morgan fingerprint density at radius 3 is 2.77 bits per heavy atom. The SMILES string of the molecule is CN[C@@H](C)C(=O)N[C@H](C(=O)N1CC[C@H]2NC[C@@H](c3c[nH]c4ccccc34)[C@H]21)[C@@H](C)OC. The number of carbonyl (C=O) groups is 2. The van der Waals surface area contributed by atoms with Crippen LogP contribution in [0, 0.1) is 0 Å². The van der Waals surface area contributed by atoms with Gasteiger partial charge in [-0.1, -0.05) is 18.2 Å². The fraction of sp³-hybridized carbons (Fsp3) is 0.565. The minimum atomic E-state index is -0.726. The topological polar surface area (TPSA) is 98.5 Å². The summed E-state index contributed by atoms with van der Waals surface area (Å²) in [7, 11) is 3.29. The van der Waals surface area contributed by atoms with Crippen molar-refractivity contribution in [1.82, 2.24) is 25.8 Å². The Morgan fingerprint density at radius 2 is 2.03 bits per heavy atom. The van der Waals surface area contributed by atoms with Crippen LogP contribution in [0.3, 0.4) is 0 Å². The highest BCUT2D eigenvalue weighted by Crippen LogP contribution is 2.39. The van der Waals surface area contributed by atoms with Crippen LogP contribution < -0.4 is 16.0 Å². The number of benzene rings is 1. The maximum absolute atomic E-state index is 13.7. The molecule has 0 bridgehead atoms. The molecule has 0 spiro atoms. The van der Waals surface area contributed by atoms with Crippen LogP contribution in [0.4, 0.5) is 0 Å². The van der Waals surface area contributed by atoms with Gasteiger partial charge in [-0.25, -0.2) is 0 Å². The zero-order valence-corrected chi connectivity index (χ0v) is 18.6. The van der Waals surface area contributed by atoms with Crippen molar-refractivity contribution < 1.29 is 14.3 Å². The Labute approximate surface area is 183 Å². The highest BCUT2D eigenvalue weighted by Gasteiger charge is 2.49. The van der Waals surface area contributed by atoms with Gasteiger partial charge in [-0.2, -0.15) is 0 Å². The first kappa shape index (κ1) is 21.8. The lowest BCUT2D eigenvalue weighted by Gasteiger charge is -2.34. The van der Waals surface area contributed by atoms with Gasteiger partial charge in [0.2, 0.25) is 11.8 Å². The number of hydrogen-bond donors (Lipinski definition) is 4. The lowest BCUT2D eigenvalue weighted by Crippen LogP contribution is -2.58. The molecule has 1 aromatic carbocycles. The highest BCUT2D eigenvalue weighted by molar-refractivity contribution is 5.91. The van der Waals surface area contributed by atoms with Gasteiger partial charge in [-0.3, -0.25) is 9.59 Å². The Morgan fingerprint density at radius 1 is 1.26 bits per heavy atom. The Balaban J connectivity index is 1.60. The van der Waals surface area contributed by atoms with Gasteiger partial charge in [0.25, 0.3) is 0 Å². The van der Waals surface area contributed by atoms with Crippen molar-refractivity contribution in [2.24, 2.45) is 0 Å².